The number of carbonyl (C=O) groups excluding carboxylic acids is 1. The topological polar surface area (TPSA) is 65.7 Å². The number of likely N-dealkylation sites (tertiary alicyclic amines) is 1. The molecule has 0 aromatic carbocycles. The van der Waals surface area contributed by atoms with Gasteiger partial charge in [-0.25, -0.2) is 0 Å². The molecule has 3 heterocycles. The molecular weight excluding hydrogens is 318 g/mol. The van der Waals surface area contributed by atoms with Gasteiger partial charge in [0.2, 0.25) is 11.8 Å². The van der Waals surface area contributed by atoms with Crippen LogP contribution in [0.1, 0.15) is 63.2 Å². The zero-order valence-electron chi connectivity index (χ0n) is 15.4. The van der Waals surface area contributed by atoms with Crippen LogP contribution in [0.25, 0.3) is 0 Å². The van der Waals surface area contributed by atoms with Crippen molar-refractivity contribution < 1.29 is 9.32 Å². The lowest BCUT2D eigenvalue weighted by Gasteiger charge is -2.39. The molecule has 2 unspecified atom stereocenters. The molecule has 0 bridgehead atoms. The Morgan fingerprint density at radius 3 is 2.32 bits per heavy atom. The number of aromatic nitrogens is 2. The first-order chi connectivity index (χ1) is 12.1. The predicted molar refractivity (Wildman–Crippen MR) is 93.1 cm³/mol. The van der Waals surface area contributed by atoms with Gasteiger partial charge in [0.25, 0.3) is 0 Å². The molecule has 1 aromatic rings. The maximum Gasteiger partial charge on any atom is 0.243 e. The summed E-state index contributed by atoms with van der Waals surface area (Å²) in [4.78, 5) is 23.9. The lowest BCUT2D eigenvalue weighted by molar-refractivity contribution is -0.136. The molecule has 2 atom stereocenters. The number of rotatable bonds is 5. The third-order valence-electron chi connectivity index (χ3n) is 5.98. The summed E-state index contributed by atoms with van der Waals surface area (Å²) in [5, 5.41) is 4.13. The van der Waals surface area contributed by atoms with Gasteiger partial charge in [0.05, 0.1) is 12.1 Å². The van der Waals surface area contributed by atoms with E-state index in [9.17, 15) is 4.79 Å². The summed E-state index contributed by atoms with van der Waals surface area (Å²) in [5.74, 6) is 2.44. The highest BCUT2D eigenvalue weighted by atomic mass is 16.5. The summed E-state index contributed by atoms with van der Waals surface area (Å²) in [6.45, 7) is 9.74. The fraction of sp³-hybridized carbons (Fsp3) is 0.833. The quantitative estimate of drug-likeness (QED) is 0.807. The van der Waals surface area contributed by atoms with Gasteiger partial charge in [0.1, 0.15) is 0 Å². The summed E-state index contributed by atoms with van der Waals surface area (Å²) in [5.41, 5.74) is 0. The normalized spacial score (nSPS) is 25.3. The molecule has 1 saturated carbocycles. The summed E-state index contributed by atoms with van der Waals surface area (Å²) >= 11 is 0. The Kier molecular flexibility index (Phi) is 4.78. The predicted octanol–water partition coefficient (Wildman–Crippen LogP) is 1.64. The monoisotopic (exact) mass is 347 g/mol. The van der Waals surface area contributed by atoms with E-state index in [1.54, 1.807) is 0 Å². The third-order valence-corrected chi connectivity index (χ3v) is 5.98. The second-order valence-electron chi connectivity index (χ2n) is 7.72. The van der Waals surface area contributed by atoms with Crippen molar-refractivity contribution in [3.63, 3.8) is 0 Å². The molecule has 7 heteroatoms. The molecule has 0 radical (unpaired) electrons. The Morgan fingerprint density at radius 1 is 1.04 bits per heavy atom. The molecule has 138 valence electrons. The smallest absolute Gasteiger partial charge is 0.243 e. The van der Waals surface area contributed by atoms with Crippen LogP contribution < -0.4 is 0 Å². The Bertz CT molecular complexity index is 600. The Hall–Kier alpha value is -1.47. The number of carbonyl (C=O) groups is 1. The van der Waals surface area contributed by atoms with Crippen LogP contribution in [-0.2, 0) is 4.79 Å². The highest BCUT2D eigenvalue weighted by molar-refractivity contribution is 5.81. The molecule has 1 aliphatic carbocycles. The van der Waals surface area contributed by atoms with Crippen LogP contribution in [0.3, 0.4) is 0 Å². The number of piperazine rings is 1. The SMILES string of the molecule is CC(C(=O)N1CCCC1)N1CCN(C(C)c2nc(C3CC3)no2)CC1. The second-order valence-corrected chi connectivity index (χ2v) is 7.72. The summed E-state index contributed by atoms with van der Waals surface area (Å²) in [6, 6.07) is 0.132. The van der Waals surface area contributed by atoms with Gasteiger partial charge in [0, 0.05) is 45.2 Å². The highest BCUT2D eigenvalue weighted by Gasteiger charge is 2.33. The maximum absolute atomic E-state index is 12.6. The number of hydrogen-bond acceptors (Lipinski definition) is 6. The Morgan fingerprint density at radius 2 is 1.68 bits per heavy atom. The van der Waals surface area contributed by atoms with E-state index >= 15 is 0 Å². The van der Waals surface area contributed by atoms with Crippen LogP contribution in [0.4, 0.5) is 0 Å². The molecule has 3 aliphatic rings. The molecule has 3 fully saturated rings. The second kappa shape index (κ2) is 7.03. The summed E-state index contributed by atoms with van der Waals surface area (Å²) in [7, 11) is 0. The molecule has 25 heavy (non-hydrogen) atoms. The molecule has 7 nitrogen and oxygen atoms in total. The van der Waals surface area contributed by atoms with E-state index in [2.05, 4.69) is 33.8 Å². The van der Waals surface area contributed by atoms with Gasteiger partial charge in [-0.15, -0.1) is 0 Å². The van der Waals surface area contributed by atoms with Crippen molar-refractivity contribution in [1.82, 2.24) is 24.8 Å². The minimum atomic E-state index is -0.0135. The van der Waals surface area contributed by atoms with Crippen LogP contribution in [0.5, 0.6) is 0 Å². The van der Waals surface area contributed by atoms with Gasteiger partial charge >= 0.3 is 0 Å². The molecule has 0 spiro atoms. The van der Waals surface area contributed by atoms with E-state index in [4.69, 9.17) is 4.52 Å². The van der Waals surface area contributed by atoms with Crippen molar-refractivity contribution in [2.75, 3.05) is 39.3 Å². The first-order valence-electron chi connectivity index (χ1n) is 9.74. The van der Waals surface area contributed by atoms with Crippen LogP contribution in [0, 0.1) is 0 Å². The summed E-state index contributed by atoms with van der Waals surface area (Å²) in [6.07, 6.45) is 4.68. The molecule has 1 amide bonds. The average Bonchev–Trinajstić information content (AvgIpc) is 3.15. The van der Waals surface area contributed by atoms with Crippen LogP contribution >= 0.6 is 0 Å². The molecule has 1 aromatic heterocycles. The Labute approximate surface area is 149 Å². The van der Waals surface area contributed by atoms with Crippen molar-refractivity contribution in [1.29, 1.82) is 0 Å². The van der Waals surface area contributed by atoms with Crippen molar-refractivity contribution in [2.45, 2.75) is 57.5 Å². The fourth-order valence-electron chi connectivity index (χ4n) is 3.95. The van der Waals surface area contributed by atoms with Crippen LogP contribution in [0.15, 0.2) is 4.52 Å². The van der Waals surface area contributed by atoms with Gasteiger partial charge in [-0.05, 0) is 39.5 Å². The lowest BCUT2D eigenvalue weighted by Crippen LogP contribution is -2.54. The zero-order valence-corrected chi connectivity index (χ0v) is 15.4. The van der Waals surface area contributed by atoms with Crippen LogP contribution in [0.2, 0.25) is 0 Å². The molecular formula is C18H29N5O2. The van der Waals surface area contributed by atoms with E-state index in [-0.39, 0.29) is 12.1 Å². The molecule has 0 N–H and O–H groups in total. The van der Waals surface area contributed by atoms with Gasteiger partial charge in [-0.1, -0.05) is 5.16 Å². The minimum Gasteiger partial charge on any atom is -0.341 e. The van der Waals surface area contributed by atoms with Crippen molar-refractivity contribution in [3.05, 3.63) is 11.7 Å². The van der Waals surface area contributed by atoms with Crippen LogP contribution in [-0.4, -0.2) is 76.1 Å². The molecule has 4 rings (SSSR count). The van der Waals surface area contributed by atoms with Gasteiger partial charge < -0.3 is 9.42 Å². The van der Waals surface area contributed by atoms with E-state index in [0.29, 0.717) is 11.8 Å². The number of amides is 1. The van der Waals surface area contributed by atoms with Crippen molar-refractivity contribution in [3.8, 4) is 0 Å². The number of hydrogen-bond donors (Lipinski definition) is 0. The lowest BCUT2D eigenvalue weighted by atomic mass is 10.1. The van der Waals surface area contributed by atoms with E-state index in [1.165, 1.54) is 12.8 Å². The highest BCUT2D eigenvalue weighted by Crippen LogP contribution is 2.38. The maximum atomic E-state index is 12.6. The van der Waals surface area contributed by atoms with E-state index < -0.39 is 0 Å². The Balaban J connectivity index is 1.30. The largest absolute Gasteiger partial charge is 0.341 e. The minimum absolute atomic E-state index is 0.0135. The first-order valence-corrected chi connectivity index (χ1v) is 9.74. The van der Waals surface area contributed by atoms with Gasteiger partial charge in [-0.3, -0.25) is 14.6 Å². The third kappa shape index (κ3) is 3.58. The standard InChI is InChI=1S/C18H29N5O2/c1-13(17-19-16(20-25-17)15-5-6-15)21-9-11-22(12-10-21)14(2)18(24)23-7-3-4-8-23/h13-15H,3-12H2,1-2H3. The summed E-state index contributed by atoms with van der Waals surface area (Å²) < 4.78 is 5.48. The van der Waals surface area contributed by atoms with E-state index in [1.807, 2.05) is 4.90 Å². The average molecular weight is 347 g/mol. The molecule has 2 saturated heterocycles. The molecule has 2 aliphatic heterocycles. The van der Waals surface area contributed by atoms with Crippen molar-refractivity contribution in [2.24, 2.45) is 0 Å². The van der Waals surface area contributed by atoms with Gasteiger partial charge in [0.15, 0.2) is 5.82 Å². The first kappa shape index (κ1) is 17.0. The van der Waals surface area contributed by atoms with E-state index in [0.717, 1.165) is 63.8 Å². The van der Waals surface area contributed by atoms with Gasteiger partial charge in [-0.2, -0.15) is 4.98 Å². The fourth-order valence-corrected chi connectivity index (χ4v) is 3.95. The van der Waals surface area contributed by atoms with Crippen molar-refractivity contribution >= 4 is 5.91 Å². The number of nitrogens with zero attached hydrogens (tertiary/aromatic N) is 5. The zero-order chi connectivity index (χ0) is 17.4.